The summed E-state index contributed by atoms with van der Waals surface area (Å²) in [5, 5.41) is 0. The quantitative estimate of drug-likeness (QED) is 0.388. The van der Waals surface area contributed by atoms with Crippen molar-refractivity contribution in [2.24, 2.45) is 0 Å². The summed E-state index contributed by atoms with van der Waals surface area (Å²) in [6, 6.07) is 0. The molecule has 16 heavy (non-hydrogen) atoms. The number of hydrogen-bond acceptors (Lipinski definition) is 3. The largest absolute Gasteiger partial charge is 0.403 e. The summed E-state index contributed by atoms with van der Waals surface area (Å²) in [6.45, 7) is 2.23. The van der Waals surface area contributed by atoms with E-state index < -0.39 is 7.94 Å². The van der Waals surface area contributed by atoms with Gasteiger partial charge in [0.25, 0.3) is 0 Å². The van der Waals surface area contributed by atoms with Crippen LogP contribution in [0, 0.1) is 0 Å². The Bertz CT molecular complexity index is 146. The third-order valence-electron chi connectivity index (χ3n) is 2.81. The van der Waals surface area contributed by atoms with Gasteiger partial charge in [0.2, 0.25) is 0 Å². The maximum absolute atomic E-state index is 8.76. The predicted octanol–water partition coefficient (Wildman–Crippen LogP) is 3.65. The number of hydrogen-bond donors (Lipinski definition) is 3. The van der Waals surface area contributed by atoms with Crippen LogP contribution in [0.5, 0.6) is 0 Å². The molecule has 0 rings (SSSR count). The van der Waals surface area contributed by atoms with Crippen molar-refractivity contribution in [3.8, 4) is 0 Å². The Hall–Kier alpha value is 0.310. The van der Waals surface area contributed by atoms with Gasteiger partial charge in [0.1, 0.15) is 6.16 Å². The van der Waals surface area contributed by atoms with E-state index in [1.165, 1.54) is 44.9 Å². The first kappa shape index (κ1) is 16.3. The molecule has 0 amide bonds. The van der Waals surface area contributed by atoms with Crippen LogP contribution in [0.4, 0.5) is 0 Å². The fourth-order valence-electron chi connectivity index (χ4n) is 1.81. The van der Waals surface area contributed by atoms with Gasteiger partial charge in [-0.15, -0.1) is 0 Å². The van der Waals surface area contributed by atoms with Crippen molar-refractivity contribution in [2.45, 2.75) is 71.1 Å². The fraction of sp³-hybridized carbons (Fsp3) is 1.00. The van der Waals surface area contributed by atoms with Gasteiger partial charge in [-0.1, -0.05) is 58.3 Å². The van der Waals surface area contributed by atoms with Crippen LogP contribution >= 0.6 is 7.94 Å². The molecule has 0 aromatic heterocycles. The summed E-state index contributed by atoms with van der Waals surface area (Å²) in [5.74, 6) is 0. The molecule has 0 saturated heterocycles. The van der Waals surface area contributed by atoms with Gasteiger partial charge >= 0.3 is 7.94 Å². The molecular formula is C12H28O3P+. The molecule has 3 nitrogen and oxygen atoms in total. The molecule has 0 aromatic rings. The average Bonchev–Trinajstić information content (AvgIpc) is 2.19. The second-order valence-corrected chi connectivity index (χ2v) is 6.43. The zero-order valence-corrected chi connectivity index (χ0v) is 11.5. The summed E-state index contributed by atoms with van der Waals surface area (Å²) < 4.78 is 0. The van der Waals surface area contributed by atoms with Gasteiger partial charge in [-0.05, 0) is 12.8 Å². The monoisotopic (exact) mass is 251 g/mol. The molecule has 3 N–H and O–H groups in total. The van der Waals surface area contributed by atoms with Crippen LogP contribution in [0.1, 0.15) is 71.1 Å². The lowest BCUT2D eigenvalue weighted by Gasteiger charge is -2.04. The van der Waals surface area contributed by atoms with E-state index in [0.717, 1.165) is 19.3 Å². The molecule has 0 radical (unpaired) electrons. The first-order valence-electron chi connectivity index (χ1n) is 6.62. The highest BCUT2D eigenvalue weighted by atomic mass is 31.2. The second kappa shape index (κ2) is 10.5. The standard InChI is InChI=1S/C12H28O3P/c1-2-3-4-5-6-7-8-9-10-11-12-16(13,14)15/h13-15H,2-12H2,1H3/q+1. The van der Waals surface area contributed by atoms with E-state index in [0.29, 0.717) is 0 Å². The van der Waals surface area contributed by atoms with Gasteiger partial charge in [-0.25, -0.2) is 0 Å². The molecule has 0 heterocycles. The molecule has 0 aliphatic heterocycles. The van der Waals surface area contributed by atoms with Gasteiger partial charge in [-0.2, -0.15) is 14.7 Å². The average molecular weight is 251 g/mol. The van der Waals surface area contributed by atoms with Crippen molar-refractivity contribution in [3.63, 3.8) is 0 Å². The van der Waals surface area contributed by atoms with E-state index in [-0.39, 0.29) is 6.16 Å². The van der Waals surface area contributed by atoms with Gasteiger partial charge in [0, 0.05) is 0 Å². The van der Waals surface area contributed by atoms with Crippen molar-refractivity contribution in [2.75, 3.05) is 6.16 Å². The molecule has 0 unspecified atom stereocenters. The zero-order valence-electron chi connectivity index (χ0n) is 10.6. The van der Waals surface area contributed by atoms with E-state index >= 15 is 0 Å². The summed E-state index contributed by atoms with van der Waals surface area (Å²) in [4.78, 5) is 26.3. The molecule has 0 aliphatic carbocycles. The van der Waals surface area contributed by atoms with Crippen molar-refractivity contribution in [1.29, 1.82) is 0 Å². The Kier molecular flexibility index (Phi) is 10.7. The Morgan fingerprint density at radius 1 is 0.625 bits per heavy atom. The molecule has 0 bridgehead atoms. The minimum atomic E-state index is -3.49. The molecule has 0 atom stereocenters. The molecule has 0 aliphatic rings. The highest BCUT2D eigenvalue weighted by Gasteiger charge is 2.27. The Morgan fingerprint density at radius 3 is 1.38 bits per heavy atom. The Balaban J connectivity index is 2.99. The molecule has 0 fully saturated rings. The Labute approximate surface area is 100 Å². The van der Waals surface area contributed by atoms with E-state index in [9.17, 15) is 0 Å². The SMILES string of the molecule is CCCCCCCCCCCC[P+](O)(O)O. The molecule has 0 saturated carbocycles. The van der Waals surface area contributed by atoms with Crippen molar-refractivity contribution in [3.05, 3.63) is 0 Å². The first-order chi connectivity index (χ1) is 7.56. The maximum Gasteiger partial charge on any atom is 0.403 e. The number of unbranched alkanes of at least 4 members (excludes halogenated alkanes) is 9. The van der Waals surface area contributed by atoms with Gasteiger partial charge in [-0.3, -0.25) is 0 Å². The van der Waals surface area contributed by atoms with E-state index in [2.05, 4.69) is 6.92 Å². The molecule has 98 valence electrons. The lowest BCUT2D eigenvalue weighted by atomic mass is 10.1. The van der Waals surface area contributed by atoms with Crippen molar-refractivity contribution in [1.82, 2.24) is 0 Å². The fourth-order valence-corrected chi connectivity index (χ4v) is 2.46. The van der Waals surface area contributed by atoms with Crippen molar-refractivity contribution >= 4 is 7.94 Å². The van der Waals surface area contributed by atoms with Crippen LogP contribution in [0.3, 0.4) is 0 Å². The van der Waals surface area contributed by atoms with E-state index in [1.807, 2.05) is 0 Å². The third kappa shape index (κ3) is 14.3. The smallest absolute Gasteiger partial charge is 0.193 e. The normalized spacial score (nSPS) is 12.0. The van der Waals surface area contributed by atoms with Crippen LogP contribution in [0.2, 0.25) is 0 Å². The molecule has 0 aromatic carbocycles. The summed E-state index contributed by atoms with van der Waals surface area (Å²) in [7, 11) is -3.49. The Morgan fingerprint density at radius 2 is 1.00 bits per heavy atom. The van der Waals surface area contributed by atoms with Gasteiger partial charge in [0.15, 0.2) is 0 Å². The maximum atomic E-state index is 8.76. The van der Waals surface area contributed by atoms with Crippen LogP contribution in [-0.4, -0.2) is 20.8 Å². The second-order valence-electron chi connectivity index (χ2n) is 4.60. The van der Waals surface area contributed by atoms with Crippen LogP contribution in [0.25, 0.3) is 0 Å². The summed E-state index contributed by atoms with van der Waals surface area (Å²) in [5.41, 5.74) is 0. The van der Waals surface area contributed by atoms with E-state index in [1.54, 1.807) is 0 Å². The topological polar surface area (TPSA) is 60.7 Å². The lowest BCUT2D eigenvalue weighted by molar-refractivity contribution is 0.328. The predicted molar refractivity (Wildman–Crippen MR) is 70.3 cm³/mol. The molecular weight excluding hydrogens is 223 g/mol. The minimum absolute atomic E-state index is 0.170. The summed E-state index contributed by atoms with van der Waals surface area (Å²) in [6.07, 6.45) is 12.3. The van der Waals surface area contributed by atoms with Crippen LogP contribution in [0.15, 0.2) is 0 Å². The third-order valence-corrected chi connectivity index (χ3v) is 3.73. The number of rotatable bonds is 11. The van der Waals surface area contributed by atoms with Crippen LogP contribution < -0.4 is 0 Å². The summed E-state index contributed by atoms with van der Waals surface area (Å²) >= 11 is 0. The molecule has 0 spiro atoms. The van der Waals surface area contributed by atoms with Crippen molar-refractivity contribution < 1.29 is 14.7 Å². The van der Waals surface area contributed by atoms with Gasteiger partial charge in [0.05, 0.1) is 0 Å². The lowest BCUT2D eigenvalue weighted by Crippen LogP contribution is -1.95. The first-order valence-corrected chi connectivity index (χ1v) is 8.46. The highest BCUT2D eigenvalue weighted by molar-refractivity contribution is 7.58. The minimum Gasteiger partial charge on any atom is -0.193 e. The van der Waals surface area contributed by atoms with Gasteiger partial charge < -0.3 is 0 Å². The molecule has 4 heteroatoms. The van der Waals surface area contributed by atoms with Crippen LogP contribution in [-0.2, 0) is 0 Å². The highest BCUT2D eigenvalue weighted by Crippen LogP contribution is 2.45. The zero-order chi connectivity index (χ0) is 12.3. The van der Waals surface area contributed by atoms with E-state index in [4.69, 9.17) is 14.7 Å².